The van der Waals surface area contributed by atoms with Crippen molar-refractivity contribution in [1.29, 1.82) is 0 Å². The van der Waals surface area contributed by atoms with Gasteiger partial charge in [-0.15, -0.1) is 0 Å². The number of nitrogens with zero attached hydrogens (tertiary/aromatic N) is 1. The molecule has 0 aliphatic carbocycles. The first kappa shape index (κ1) is 19.9. The lowest BCUT2D eigenvalue weighted by atomic mass is 10.1. The smallest absolute Gasteiger partial charge is 0.339 e. The maximum absolute atomic E-state index is 11.8. The number of hydrogen-bond acceptors (Lipinski definition) is 5. The van der Waals surface area contributed by atoms with Crippen LogP contribution in [0, 0.1) is 0 Å². The second-order valence-corrected chi connectivity index (χ2v) is 5.59. The fraction of sp³-hybridized carbons (Fsp3) is 0.111. The molecule has 0 aliphatic heterocycles. The van der Waals surface area contributed by atoms with Crippen molar-refractivity contribution in [3.63, 3.8) is 0 Å². The van der Waals surface area contributed by atoms with Gasteiger partial charge in [0.05, 0.1) is 12.8 Å². The monoisotopic (exact) mass is 389 g/mol. The Morgan fingerprint density at radius 1 is 1.19 bits per heavy atom. The third-order valence-corrected chi connectivity index (χ3v) is 3.44. The van der Waals surface area contributed by atoms with Gasteiger partial charge in [-0.25, -0.2) is 10.2 Å². The van der Waals surface area contributed by atoms with Crippen molar-refractivity contribution in [2.45, 2.75) is 6.92 Å². The number of anilines is 1. The number of halogens is 1. The van der Waals surface area contributed by atoms with E-state index in [0.717, 1.165) is 0 Å². The molecule has 27 heavy (non-hydrogen) atoms. The van der Waals surface area contributed by atoms with Crippen LogP contribution in [0.15, 0.2) is 47.6 Å². The van der Waals surface area contributed by atoms with Crippen LogP contribution >= 0.6 is 11.6 Å². The van der Waals surface area contributed by atoms with Gasteiger partial charge < -0.3 is 15.2 Å². The molecule has 0 aromatic heterocycles. The number of benzene rings is 2. The number of carbonyl (C=O) groups is 3. The number of nitrogens with one attached hydrogen (secondary N) is 2. The summed E-state index contributed by atoms with van der Waals surface area (Å²) in [6, 6.07) is 10.7. The first-order chi connectivity index (χ1) is 12.9. The Morgan fingerprint density at radius 2 is 1.96 bits per heavy atom. The molecule has 2 aromatic rings. The maximum atomic E-state index is 11.8. The van der Waals surface area contributed by atoms with Gasteiger partial charge >= 0.3 is 17.8 Å². The molecule has 0 radical (unpaired) electrons. The normalized spacial score (nSPS) is 10.4. The molecule has 140 valence electrons. The summed E-state index contributed by atoms with van der Waals surface area (Å²) in [6.45, 7) is 2.07. The van der Waals surface area contributed by atoms with E-state index in [1.807, 2.05) is 0 Å². The number of ether oxygens (including phenoxy) is 1. The Hall–Kier alpha value is -3.39. The van der Waals surface area contributed by atoms with E-state index in [-0.39, 0.29) is 11.3 Å². The van der Waals surface area contributed by atoms with Crippen molar-refractivity contribution in [2.24, 2.45) is 5.10 Å². The van der Waals surface area contributed by atoms with E-state index in [0.29, 0.717) is 22.9 Å². The third-order valence-electron chi connectivity index (χ3n) is 3.20. The number of carbonyl (C=O) groups excluding carboxylic acids is 2. The van der Waals surface area contributed by atoms with Gasteiger partial charge in [0.25, 0.3) is 0 Å². The van der Waals surface area contributed by atoms with Crippen molar-refractivity contribution in [2.75, 3.05) is 11.9 Å². The van der Waals surface area contributed by atoms with E-state index in [1.54, 1.807) is 31.2 Å². The molecule has 0 saturated heterocycles. The summed E-state index contributed by atoms with van der Waals surface area (Å²) in [5, 5.41) is 15.6. The molecule has 0 bridgehead atoms. The molecular weight excluding hydrogens is 374 g/mol. The minimum Gasteiger partial charge on any atom is -0.493 e. The molecule has 9 heteroatoms. The lowest BCUT2D eigenvalue weighted by Gasteiger charge is -2.07. The van der Waals surface area contributed by atoms with Crippen LogP contribution < -0.4 is 15.5 Å². The van der Waals surface area contributed by atoms with Gasteiger partial charge in [-0.2, -0.15) is 5.10 Å². The van der Waals surface area contributed by atoms with Gasteiger partial charge in [0.2, 0.25) is 0 Å². The van der Waals surface area contributed by atoms with Gasteiger partial charge in [0.15, 0.2) is 0 Å². The van der Waals surface area contributed by atoms with Crippen LogP contribution in [-0.4, -0.2) is 35.7 Å². The average molecular weight is 390 g/mol. The Labute approximate surface area is 159 Å². The molecule has 2 rings (SSSR count). The molecule has 0 heterocycles. The zero-order chi connectivity index (χ0) is 19.8. The number of hydrazone groups is 1. The van der Waals surface area contributed by atoms with E-state index in [2.05, 4.69) is 15.8 Å². The van der Waals surface area contributed by atoms with E-state index < -0.39 is 17.8 Å². The molecule has 0 unspecified atom stereocenters. The summed E-state index contributed by atoms with van der Waals surface area (Å²) in [5.74, 6) is -2.84. The summed E-state index contributed by atoms with van der Waals surface area (Å²) < 4.78 is 5.24. The third kappa shape index (κ3) is 5.82. The molecule has 3 N–H and O–H groups in total. The molecular formula is C18H16ClN3O5. The first-order valence-electron chi connectivity index (χ1n) is 7.80. The second-order valence-electron chi connectivity index (χ2n) is 5.16. The van der Waals surface area contributed by atoms with Crippen LogP contribution in [-0.2, 0) is 9.59 Å². The van der Waals surface area contributed by atoms with E-state index in [9.17, 15) is 19.5 Å². The molecule has 2 amide bonds. The van der Waals surface area contributed by atoms with Crippen LogP contribution in [0.2, 0.25) is 5.02 Å². The number of hydrogen-bond donors (Lipinski definition) is 3. The highest BCUT2D eigenvalue weighted by Gasteiger charge is 2.14. The van der Waals surface area contributed by atoms with Gasteiger partial charge in [-0.05, 0) is 48.9 Å². The Morgan fingerprint density at radius 3 is 2.63 bits per heavy atom. The maximum Gasteiger partial charge on any atom is 0.339 e. The average Bonchev–Trinajstić information content (AvgIpc) is 2.62. The summed E-state index contributed by atoms with van der Waals surface area (Å²) >= 11 is 5.80. The van der Waals surface area contributed by atoms with Crippen molar-refractivity contribution in [1.82, 2.24) is 5.43 Å². The highest BCUT2D eigenvalue weighted by atomic mass is 35.5. The largest absolute Gasteiger partial charge is 0.493 e. The summed E-state index contributed by atoms with van der Waals surface area (Å²) in [6.07, 6.45) is 1.22. The zero-order valence-corrected chi connectivity index (χ0v) is 15.0. The Bertz CT molecular complexity index is 898. The number of carboxylic acids is 1. The lowest BCUT2D eigenvalue weighted by molar-refractivity contribution is -0.136. The van der Waals surface area contributed by atoms with E-state index in [1.165, 1.54) is 24.4 Å². The quantitative estimate of drug-likeness (QED) is 0.398. The van der Waals surface area contributed by atoms with Crippen molar-refractivity contribution in [3.8, 4) is 5.75 Å². The lowest BCUT2D eigenvalue weighted by Crippen LogP contribution is -2.32. The van der Waals surface area contributed by atoms with Crippen molar-refractivity contribution in [3.05, 3.63) is 58.6 Å². The van der Waals surface area contributed by atoms with Crippen LogP contribution in [0.4, 0.5) is 5.69 Å². The molecule has 0 atom stereocenters. The van der Waals surface area contributed by atoms with E-state index in [4.69, 9.17) is 16.3 Å². The van der Waals surface area contributed by atoms with Crippen LogP contribution in [0.1, 0.15) is 22.8 Å². The summed E-state index contributed by atoms with van der Waals surface area (Å²) in [7, 11) is 0. The minimum absolute atomic E-state index is 0.0363. The van der Waals surface area contributed by atoms with Gasteiger partial charge in [-0.3, -0.25) is 9.59 Å². The zero-order valence-electron chi connectivity index (χ0n) is 14.2. The highest BCUT2D eigenvalue weighted by molar-refractivity contribution is 6.39. The van der Waals surface area contributed by atoms with Gasteiger partial charge in [-0.1, -0.05) is 17.7 Å². The van der Waals surface area contributed by atoms with Crippen LogP contribution in [0.25, 0.3) is 0 Å². The highest BCUT2D eigenvalue weighted by Crippen LogP contribution is 2.19. The number of aromatic carboxylic acids is 1. The van der Waals surface area contributed by atoms with Crippen LogP contribution in [0.5, 0.6) is 5.75 Å². The SMILES string of the molecule is CCOc1ccc(/C=N\NC(=O)C(=O)Nc2cccc(Cl)c2)cc1C(=O)O. The fourth-order valence-electron chi connectivity index (χ4n) is 2.05. The molecule has 0 saturated carbocycles. The minimum atomic E-state index is -1.15. The second kappa shape index (κ2) is 9.35. The van der Waals surface area contributed by atoms with Gasteiger partial charge in [0.1, 0.15) is 11.3 Å². The standard InChI is InChI=1S/C18H16ClN3O5/c1-2-27-15-7-6-11(8-14(15)18(25)26)10-20-22-17(24)16(23)21-13-5-3-4-12(19)9-13/h3-10H,2H2,1H3,(H,21,23)(H,22,24)(H,25,26)/b20-10-. The summed E-state index contributed by atoms with van der Waals surface area (Å²) in [5.41, 5.74) is 2.80. The molecule has 0 aliphatic rings. The first-order valence-corrected chi connectivity index (χ1v) is 8.18. The van der Waals surface area contributed by atoms with Crippen molar-refractivity contribution >= 4 is 41.3 Å². The molecule has 8 nitrogen and oxygen atoms in total. The topological polar surface area (TPSA) is 117 Å². The number of amides is 2. The number of rotatable bonds is 6. The summed E-state index contributed by atoms with van der Waals surface area (Å²) in [4.78, 5) is 34.8. The molecule has 2 aromatic carbocycles. The predicted molar refractivity (Wildman–Crippen MR) is 100 cm³/mol. The Balaban J connectivity index is 1.99. The molecule has 0 fully saturated rings. The van der Waals surface area contributed by atoms with Gasteiger partial charge in [0, 0.05) is 10.7 Å². The predicted octanol–water partition coefficient (Wildman–Crippen LogP) is 2.53. The van der Waals surface area contributed by atoms with E-state index >= 15 is 0 Å². The fourth-order valence-corrected chi connectivity index (χ4v) is 2.24. The van der Waals surface area contributed by atoms with Crippen LogP contribution in [0.3, 0.4) is 0 Å². The number of carboxylic acid groups (broad SMARTS) is 1. The molecule has 0 spiro atoms. The van der Waals surface area contributed by atoms with Crippen molar-refractivity contribution < 1.29 is 24.2 Å². The Kier molecular flexibility index (Phi) is 6.90.